The van der Waals surface area contributed by atoms with Crippen LogP contribution in [0, 0.1) is 13.8 Å². The van der Waals surface area contributed by atoms with Gasteiger partial charge < -0.3 is 10.2 Å². The molecule has 0 radical (unpaired) electrons. The molecule has 3 aromatic rings. The summed E-state index contributed by atoms with van der Waals surface area (Å²) in [4.78, 5) is 28.7. The summed E-state index contributed by atoms with van der Waals surface area (Å²) in [5.74, 6) is -0.701. The van der Waals surface area contributed by atoms with Gasteiger partial charge in [-0.15, -0.1) is 0 Å². The molecule has 0 aliphatic carbocycles. The largest absolute Gasteiger partial charge is 0.354 e. The Morgan fingerprint density at radius 1 is 0.868 bits per heavy atom. The van der Waals surface area contributed by atoms with Crippen LogP contribution in [0.4, 0.5) is 5.69 Å². The van der Waals surface area contributed by atoms with Crippen LogP contribution in [0.5, 0.6) is 0 Å². The Balaban J connectivity index is 2.03. The molecule has 1 atom stereocenters. The molecule has 8 heteroatoms. The normalized spacial score (nSPS) is 12.0. The van der Waals surface area contributed by atoms with Crippen molar-refractivity contribution in [2.45, 2.75) is 58.0 Å². The maximum atomic E-state index is 14.0. The molecule has 38 heavy (non-hydrogen) atoms. The monoisotopic (exact) mass is 535 g/mol. The van der Waals surface area contributed by atoms with Crippen LogP contribution in [-0.2, 0) is 26.2 Å². The SMILES string of the molecule is CCCNC(=O)[C@@H](CC)N(Cc1ccc(C)cc1)C(=O)CN(c1cccc(C)c1)S(=O)(=O)c1ccccc1. The van der Waals surface area contributed by atoms with Gasteiger partial charge in [0.2, 0.25) is 11.8 Å². The van der Waals surface area contributed by atoms with Crippen molar-refractivity contribution in [1.82, 2.24) is 10.2 Å². The summed E-state index contributed by atoms with van der Waals surface area (Å²) < 4.78 is 28.7. The van der Waals surface area contributed by atoms with Gasteiger partial charge in [-0.2, -0.15) is 0 Å². The third-order valence-corrected chi connectivity index (χ3v) is 8.10. The van der Waals surface area contributed by atoms with Gasteiger partial charge in [-0.3, -0.25) is 13.9 Å². The smallest absolute Gasteiger partial charge is 0.264 e. The molecule has 0 aliphatic heterocycles. The van der Waals surface area contributed by atoms with Crippen molar-refractivity contribution >= 4 is 27.5 Å². The topological polar surface area (TPSA) is 86.8 Å². The number of amides is 2. The fraction of sp³-hybridized carbons (Fsp3) is 0.333. The summed E-state index contributed by atoms with van der Waals surface area (Å²) in [6.07, 6.45) is 1.16. The van der Waals surface area contributed by atoms with Crippen LogP contribution in [0.3, 0.4) is 0 Å². The number of carbonyl (C=O) groups is 2. The minimum absolute atomic E-state index is 0.0899. The lowest BCUT2D eigenvalue weighted by molar-refractivity contribution is -0.140. The van der Waals surface area contributed by atoms with Crippen molar-refractivity contribution in [3.8, 4) is 0 Å². The highest BCUT2D eigenvalue weighted by molar-refractivity contribution is 7.92. The van der Waals surface area contributed by atoms with E-state index in [9.17, 15) is 18.0 Å². The van der Waals surface area contributed by atoms with Crippen molar-refractivity contribution in [1.29, 1.82) is 0 Å². The van der Waals surface area contributed by atoms with Gasteiger partial charge in [0.25, 0.3) is 10.0 Å². The first-order valence-corrected chi connectivity index (χ1v) is 14.4. The second-order valence-electron chi connectivity index (χ2n) is 9.39. The van der Waals surface area contributed by atoms with Crippen molar-refractivity contribution in [2.75, 3.05) is 17.4 Å². The van der Waals surface area contributed by atoms with Gasteiger partial charge in [-0.05, 0) is 62.1 Å². The fourth-order valence-electron chi connectivity index (χ4n) is 4.21. The maximum absolute atomic E-state index is 14.0. The van der Waals surface area contributed by atoms with E-state index in [1.54, 1.807) is 36.4 Å². The molecule has 0 aliphatic rings. The first-order valence-electron chi connectivity index (χ1n) is 12.9. The second kappa shape index (κ2) is 13.2. The number of anilines is 1. The number of nitrogens with one attached hydrogen (secondary N) is 1. The Labute approximate surface area is 226 Å². The Bertz CT molecular complexity index is 1330. The average molecular weight is 536 g/mol. The highest BCUT2D eigenvalue weighted by Crippen LogP contribution is 2.25. The van der Waals surface area contributed by atoms with E-state index in [4.69, 9.17) is 0 Å². The number of hydrogen-bond donors (Lipinski definition) is 1. The number of rotatable bonds is 12. The Hall–Kier alpha value is -3.65. The number of nitrogens with zero attached hydrogens (tertiary/aromatic N) is 2. The molecule has 202 valence electrons. The van der Waals surface area contributed by atoms with Crippen LogP contribution in [0.1, 0.15) is 43.4 Å². The van der Waals surface area contributed by atoms with E-state index in [2.05, 4.69) is 5.32 Å². The lowest BCUT2D eigenvalue weighted by Crippen LogP contribution is -2.52. The van der Waals surface area contributed by atoms with E-state index in [0.29, 0.717) is 18.7 Å². The molecular formula is C30H37N3O4S. The van der Waals surface area contributed by atoms with Gasteiger partial charge in [0.15, 0.2) is 0 Å². The summed E-state index contributed by atoms with van der Waals surface area (Å²) in [7, 11) is -4.06. The Morgan fingerprint density at radius 2 is 1.55 bits per heavy atom. The highest BCUT2D eigenvalue weighted by Gasteiger charge is 2.33. The summed E-state index contributed by atoms with van der Waals surface area (Å²) in [6, 6.07) is 22.1. The molecule has 0 spiro atoms. The zero-order valence-electron chi connectivity index (χ0n) is 22.6. The van der Waals surface area contributed by atoms with Crippen molar-refractivity contribution < 1.29 is 18.0 Å². The molecule has 0 heterocycles. The quantitative estimate of drug-likeness (QED) is 0.360. The molecule has 3 rings (SSSR count). The van der Waals surface area contributed by atoms with Gasteiger partial charge >= 0.3 is 0 Å². The molecular weight excluding hydrogens is 498 g/mol. The van der Waals surface area contributed by atoms with Gasteiger partial charge in [0, 0.05) is 13.1 Å². The number of carbonyl (C=O) groups excluding carboxylic acids is 2. The van der Waals surface area contributed by atoms with E-state index >= 15 is 0 Å². The summed E-state index contributed by atoms with van der Waals surface area (Å²) >= 11 is 0. The molecule has 0 fully saturated rings. The van der Waals surface area contributed by atoms with Gasteiger partial charge in [0.05, 0.1) is 10.6 Å². The molecule has 7 nitrogen and oxygen atoms in total. The van der Waals surface area contributed by atoms with Crippen molar-refractivity contribution in [3.63, 3.8) is 0 Å². The fourth-order valence-corrected chi connectivity index (χ4v) is 5.63. The predicted octanol–water partition coefficient (Wildman–Crippen LogP) is 4.83. The average Bonchev–Trinajstić information content (AvgIpc) is 2.91. The van der Waals surface area contributed by atoms with Gasteiger partial charge in [-0.1, -0.05) is 74.0 Å². The zero-order chi connectivity index (χ0) is 27.7. The molecule has 0 saturated heterocycles. The Kier molecular flexibility index (Phi) is 10.1. The van der Waals surface area contributed by atoms with Crippen LogP contribution < -0.4 is 9.62 Å². The lowest BCUT2D eigenvalue weighted by atomic mass is 10.1. The van der Waals surface area contributed by atoms with Crippen molar-refractivity contribution in [2.24, 2.45) is 0 Å². The number of benzene rings is 3. The molecule has 2 amide bonds. The molecule has 0 bridgehead atoms. The van der Waals surface area contributed by atoms with E-state index in [1.165, 1.54) is 17.0 Å². The Morgan fingerprint density at radius 3 is 2.16 bits per heavy atom. The van der Waals surface area contributed by atoms with E-state index < -0.39 is 28.5 Å². The highest BCUT2D eigenvalue weighted by atomic mass is 32.2. The number of aryl methyl sites for hydroxylation is 2. The third-order valence-electron chi connectivity index (χ3n) is 6.31. The van der Waals surface area contributed by atoms with Crippen LogP contribution in [-0.4, -0.2) is 44.3 Å². The third kappa shape index (κ3) is 7.22. The lowest BCUT2D eigenvalue weighted by Gasteiger charge is -2.33. The molecule has 1 N–H and O–H groups in total. The van der Waals surface area contributed by atoms with E-state index in [-0.39, 0.29) is 17.3 Å². The molecule has 3 aromatic carbocycles. The van der Waals surface area contributed by atoms with Crippen LogP contribution in [0.25, 0.3) is 0 Å². The van der Waals surface area contributed by atoms with Crippen LogP contribution >= 0.6 is 0 Å². The summed E-state index contributed by atoms with van der Waals surface area (Å²) in [5.41, 5.74) is 3.20. The second-order valence-corrected chi connectivity index (χ2v) is 11.2. The van der Waals surface area contributed by atoms with Gasteiger partial charge in [-0.25, -0.2) is 8.42 Å². The minimum atomic E-state index is -4.06. The van der Waals surface area contributed by atoms with Crippen LogP contribution in [0.2, 0.25) is 0 Å². The first kappa shape index (κ1) is 28.9. The number of sulfonamides is 1. The van der Waals surface area contributed by atoms with Crippen molar-refractivity contribution in [3.05, 3.63) is 95.6 Å². The predicted molar refractivity (Wildman–Crippen MR) is 151 cm³/mol. The standard InChI is InChI=1S/C30H37N3O4S/c1-5-19-31-30(35)28(6-2)32(21-25-17-15-23(3)16-18-25)29(34)22-33(26-12-10-11-24(4)20-26)38(36,37)27-13-8-7-9-14-27/h7-18,20,28H,5-6,19,21-22H2,1-4H3,(H,31,35)/t28-/m1/s1. The molecule has 0 aromatic heterocycles. The maximum Gasteiger partial charge on any atom is 0.264 e. The minimum Gasteiger partial charge on any atom is -0.354 e. The van der Waals surface area contributed by atoms with E-state index in [1.807, 2.05) is 58.0 Å². The van der Waals surface area contributed by atoms with Crippen LogP contribution in [0.15, 0.2) is 83.8 Å². The van der Waals surface area contributed by atoms with E-state index in [0.717, 1.165) is 27.4 Å². The zero-order valence-corrected chi connectivity index (χ0v) is 23.4. The summed E-state index contributed by atoms with van der Waals surface area (Å²) in [6.45, 7) is 7.91. The molecule has 0 saturated carbocycles. The molecule has 0 unspecified atom stereocenters. The first-order chi connectivity index (χ1) is 18.2. The van der Waals surface area contributed by atoms with Gasteiger partial charge in [0.1, 0.15) is 12.6 Å². The number of hydrogen-bond acceptors (Lipinski definition) is 4. The summed E-state index contributed by atoms with van der Waals surface area (Å²) in [5, 5.41) is 2.90.